The van der Waals surface area contributed by atoms with Crippen molar-refractivity contribution >= 4 is 17.2 Å². The third-order valence-electron chi connectivity index (χ3n) is 3.87. The lowest BCUT2D eigenvalue weighted by Crippen LogP contribution is -2.34. The Morgan fingerprint density at radius 2 is 2.00 bits per heavy atom. The topological polar surface area (TPSA) is 49.3 Å². The zero-order chi connectivity index (χ0) is 14.3. The Morgan fingerprint density at radius 1 is 1.30 bits per heavy atom. The second-order valence-electron chi connectivity index (χ2n) is 5.30. The van der Waals surface area contributed by atoms with E-state index in [1.54, 1.807) is 11.3 Å². The molecule has 0 fully saturated rings. The van der Waals surface area contributed by atoms with Crippen LogP contribution >= 0.6 is 11.3 Å². The van der Waals surface area contributed by atoms with Crippen molar-refractivity contribution in [3.05, 3.63) is 56.8 Å². The van der Waals surface area contributed by atoms with Gasteiger partial charge in [-0.3, -0.25) is 4.79 Å². The number of amides is 1. The lowest BCUT2D eigenvalue weighted by molar-refractivity contribution is 0.0859. The van der Waals surface area contributed by atoms with Crippen LogP contribution in [0.15, 0.2) is 29.6 Å². The molecule has 20 heavy (non-hydrogen) atoms. The zero-order valence-corrected chi connectivity index (χ0v) is 12.3. The van der Waals surface area contributed by atoms with Crippen LogP contribution in [0.3, 0.4) is 0 Å². The molecule has 0 spiro atoms. The lowest BCUT2D eigenvalue weighted by atomic mass is 10.0. The van der Waals surface area contributed by atoms with E-state index in [9.17, 15) is 9.90 Å². The van der Waals surface area contributed by atoms with E-state index in [0.717, 1.165) is 21.6 Å². The van der Waals surface area contributed by atoms with Gasteiger partial charge in [0, 0.05) is 16.9 Å². The van der Waals surface area contributed by atoms with Gasteiger partial charge in [-0.25, -0.2) is 0 Å². The largest absolute Gasteiger partial charge is 0.390 e. The summed E-state index contributed by atoms with van der Waals surface area (Å²) < 4.78 is 0. The minimum absolute atomic E-state index is 0.106. The molecule has 0 unspecified atom stereocenters. The summed E-state index contributed by atoms with van der Waals surface area (Å²) in [6.07, 6.45) is 0.0991. The van der Waals surface area contributed by atoms with Crippen molar-refractivity contribution < 1.29 is 9.90 Å². The molecule has 2 N–H and O–H groups in total. The highest BCUT2D eigenvalue weighted by atomic mass is 32.1. The van der Waals surface area contributed by atoms with E-state index >= 15 is 0 Å². The molecule has 0 aliphatic heterocycles. The molecule has 104 valence electrons. The van der Waals surface area contributed by atoms with Crippen LogP contribution in [0.5, 0.6) is 0 Å². The van der Waals surface area contributed by atoms with Crippen LogP contribution in [0, 0.1) is 13.8 Å². The Bertz CT molecular complexity index is 642. The third kappa shape index (κ3) is 2.15. The quantitative estimate of drug-likeness (QED) is 0.892. The fraction of sp³-hybridized carbons (Fsp3) is 0.312. The van der Waals surface area contributed by atoms with E-state index in [-0.39, 0.29) is 11.9 Å². The minimum Gasteiger partial charge on any atom is -0.390 e. The number of carbonyl (C=O) groups excluding carboxylic acids is 1. The molecule has 4 heteroatoms. The van der Waals surface area contributed by atoms with Gasteiger partial charge in [0.25, 0.3) is 5.91 Å². The van der Waals surface area contributed by atoms with E-state index in [0.29, 0.717) is 12.0 Å². The Balaban J connectivity index is 1.87. The smallest absolute Gasteiger partial charge is 0.252 e. The Morgan fingerprint density at radius 3 is 2.70 bits per heavy atom. The summed E-state index contributed by atoms with van der Waals surface area (Å²) in [6.45, 7) is 3.87. The number of thiophene rings is 1. The summed E-state index contributed by atoms with van der Waals surface area (Å²) in [4.78, 5) is 13.6. The Hall–Kier alpha value is -1.65. The number of hydrogen-bond donors (Lipinski definition) is 2. The first-order chi connectivity index (χ1) is 9.58. The first-order valence-corrected chi connectivity index (χ1v) is 7.57. The number of aliphatic hydroxyl groups is 1. The number of carbonyl (C=O) groups is 1. The average Bonchev–Trinajstić information content (AvgIpc) is 2.93. The van der Waals surface area contributed by atoms with Gasteiger partial charge < -0.3 is 10.4 Å². The molecule has 1 aliphatic rings. The lowest BCUT2D eigenvalue weighted by Gasteiger charge is -2.18. The number of hydrogen-bond acceptors (Lipinski definition) is 3. The highest BCUT2D eigenvalue weighted by Gasteiger charge is 2.33. The van der Waals surface area contributed by atoms with Gasteiger partial charge in [-0.2, -0.15) is 0 Å². The van der Waals surface area contributed by atoms with Gasteiger partial charge in [-0.1, -0.05) is 18.2 Å². The Labute approximate surface area is 122 Å². The van der Waals surface area contributed by atoms with Crippen molar-refractivity contribution in [2.24, 2.45) is 0 Å². The van der Waals surface area contributed by atoms with Crippen LogP contribution in [0.25, 0.3) is 0 Å². The average molecular weight is 287 g/mol. The summed E-state index contributed by atoms with van der Waals surface area (Å²) >= 11 is 1.59. The molecular weight excluding hydrogens is 270 g/mol. The number of rotatable bonds is 2. The van der Waals surface area contributed by atoms with Crippen molar-refractivity contribution in [3.63, 3.8) is 0 Å². The predicted molar refractivity (Wildman–Crippen MR) is 80.2 cm³/mol. The molecular formula is C16H17NO2S. The molecule has 2 atom stereocenters. The molecule has 3 nitrogen and oxygen atoms in total. The molecule has 2 aromatic rings. The van der Waals surface area contributed by atoms with Crippen molar-refractivity contribution in [1.82, 2.24) is 5.32 Å². The van der Waals surface area contributed by atoms with Gasteiger partial charge in [0.05, 0.1) is 12.1 Å². The second-order valence-corrected chi connectivity index (χ2v) is 6.25. The fourth-order valence-electron chi connectivity index (χ4n) is 2.85. The number of fused-ring (bicyclic) bond motifs is 1. The molecule has 1 amide bonds. The molecule has 1 aromatic carbocycles. The molecule has 3 rings (SSSR count). The molecule has 1 aliphatic carbocycles. The molecule has 0 saturated carbocycles. The normalized spacial score (nSPS) is 20.8. The molecule has 0 radical (unpaired) electrons. The monoisotopic (exact) mass is 287 g/mol. The maximum atomic E-state index is 12.5. The van der Waals surface area contributed by atoms with Crippen LogP contribution in [0.4, 0.5) is 0 Å². The highest BCUT2D eigenvalue weighted by molar-refractivity contribution is 7.10. The molecule has 0 bridgehead atoms. The van der Waals surface area contributed by atoms with Crippen molar-refractivity contribution in [1.29, 1.82) is 0 Å². The molecule has 1 heterocycles. The van der Waals surface area contributed by atoms with Crippen LogP contribution in [0.1, 0.15) is 38.0 Å². The predicted octanol–water partition coefficient (Wildman–Crippen LogP) is 2.75. The maximum Gasteiger partial charge on any atom is 0.252 e. The van der Waals surface area contributed by atoms with E-state index < -0.39 is 6.10 Å². The fourth-order valence-corrected chi connectivity index (χ4v) is 3.90. The highest BCUT2D eigenvalue weighted by Crippen LogP contribution is 2.35. The first-order valence-electron chi connectivity index (χ1n) is 6.69. The van der Waals surface area contributed by atoms with Gasteiger partial charge in [-0.15, -0.1) is 11.3 Å². The number of aryl methyl sites for hydroxylation is 2. The van der Waals surface area contributed by atoms with Crippen molar-refractivity contribution in [2.45, 2.75) is 32.4 Å². The first kappa shape index (κ1) is 13.3. The van der Waals surface area contributed by atoms with Crippen molar-refractivity contribution in [3.8, 4) is 0 Å². The van der Waals surface area contributed by atoms with E-state index in [1.165, 1.54) is 0 Å². The minimum atomic E-state index is -0.522. The molecule has 0 saturated heterocycles. The zero-order valence-electron chi connectivity index (χ0n) is 11.5. The van der Waals surface area contributed by atoms with Crippen LogP contribution in [-0.2, 0) is 6.42 Å². The van der Waals surface area contributed by atoms with Crippen LogP contribution in [0.2, 0.25) is 0 Å². The van der Waals surface area contributed by atoms with E-state index in [4.69, 9.17) is 0 Å². The molecule has 1 aromatic heterocycles. The summed E-state index contributed by atoms with van der Waals surface area (Å²) in [6, 6.07) is 7.56. The SMILES string of the molecule is Cc1cccc(C)c1C(=O)N[C@H]1c2sccc2C[C@H]1O. The number of nitrogens with one attached hydrogen (secondary N) is 1. The van der Waals surface area contributed by atoms with E-state index in [1.807, 2.05) is 43.5 Å². The van der Waals surface area contributed by atoms with Crippen LogP contribution < -0.4 is 5.32 Å². The Kier molecular flexibility index (Phi) is 3.36. The summed E-state index contributed by atoms with van der Waals surface area (Å²) in [5.41, 5.74) is 3.78. The summed E-state index contributed by atoms with van der Waals surface area (Å²) in [5, 5.41) is 15.1. The maximum absolute atomic E-state index is 12.5. The standard InChI is InChI=1S/C16H17NO2S/c1-9-4-3-5-10(2)13(9)16(19)17-14-12(18)8-11-6-7-20-15(11)14/h3-7,12,14,18H,8H2,1-2H3,(H,17,19)/t12-,14-/m1/s1. The van der Waals surface area contributed by atoms with Gasteiger partial charge in [0.1, 0.15) is 0 Å². The number of benzene rings is 1. The van der Waals surface area contributed by atoms with Gasteiger partial charge in [-0.05, 0) is 42.0 Å². The second kappa shape index (κ2) is 5.04. The third-order valence-corrected chi connectivity index (χ3v) is 4.91. The van der Waals surface area contributed by atoms with Crippen LogP contribution in [-0.4, -0.2) is 17.1 Å². The summed E-state index contributed by atoms with van der Waals surface area (Å²) in [5.74, 6) is -0.106. The number of aliphatic hydroxyl groups excluding tert-OH is 1. The van der Waals surface area contributed by atoms with Crippen molar-refractivity contribution in [2.75, 3.05) is 0 Å². The summed E-state index contributed by atoms with van der Waals surface area (Å²) in [7, 11) is 0. The van der Waals surface area contributed by atoms with Gasteiger partial charge in [0.2, 0.25) is 0 Å². The van der Waals surface area contributed by atoms with E-state index in [2.05, 4.69) is 5.32 Å². The van der Waals surface area contributed by atoms with Gasteiger partial charge >= 0.3 is 0 Å². The van der Waals surface area contributed by atoms with Gasteiger partial charge in [0.15, 0.2) is 0 Å².